The number of aromatic nitrogens is 4. The molecule has 128 valence electrons. The predicted molar refractivity (Wildman–Crippen MR) is 96.0 cm³/mol. The normalized spacial score (nSPS) is 10.6. The molecule has 0 spiro atoms. The lowest BCUT2D eigenvalue weighted by atomic mass is 10.1. The maximum Gasteiger partial charge on any atom is 0.225 e. The lowest BCUT2D eigenvalue weighted by Crippen LogP contribution is -2.13. The molecule has 0 fully saturated rings. The smallest absolute Gasteiger partial charge is 0.225 e. The highest BCUT2D eigenvalue weighted by molar-refractivity contribution is 5.89. The molecule has 25 heavy (non-hydrogen) atoms. The molecule has 3 rings (SSSR count). The van der Waals surface area contributed by atoms with E-state index in [1.54, 1.807) is 17.2 Å². The van der Waals surface area contributed by atoms with Gasteiger partial charge in [-0.1, -0.05) is 30.3 Å². The summed E-state index contributed by atoms with van der Waals surface area (Å²) in [6.45, 7) is 0.679. The Balaban J connectivity index is 1.46. The van der Waals surface area contributed by atoms with E-state index in [9.17, 15) is 4.79 Å². The summed E-state index contributed by atoms with van der Waals surface area (Å²) in [5, 5.41) is 6.88. The third-order valence-corrected chi connectivity index (χ3v) is 3.89. The van der Waals surface area contributed by atoms with Gasteiger partial charge in [0.2, 0.25) is 5.91 Å². The minimum absolute atomic E-state index is 0.0344. The van der Waals surface area contributed by atoms with Crippen LogP contribution in [0.4, 0.5) is 5.82 Å². The SMILES string of the molecule is O=C(CCCn1cncn1)Nc1cc(CCc2ccccc2)ccn1. The van der Waals surface area contributed by atoms with Crippen molar-refractivity contribution in [3.63, 3.8) is 0 Å². The van der Waals surface area contributed by atoms with Crippen LogP contribution in [-0.4, -0.2) is 25.7 Å². The number of carbonyl (C=O) groups is 1. The number of rotatable bonds is 8. The van der Waals surface area contributed by atoms with E-state index in [1.165, 1.54) is 11.9 Å². The first kappa shape index (κ1) is 16.8. The molecule has 2 aromatic heterocycles. The monoisotopic (exact) mass is 335 g/mol. The average Bonchev–Trinajstić information content (AvgIpc) is 3.15. The molecular weight excluding hydrogens is 314 g/mol. The van der Waals surface area contributed by atoms with Crippen molar-refractivity contribution in [3.05, 3.63) is 72.4 Å². The molecule has 0 saturated heterocycles. The standard InChI is InChI=1S/C19H21N5O/c25-19(7-4-12-24-15-20-14-22-24)23-18-13-17(10-11-21-18)9-8-16-5-2-1-3-6-16/h1-3,5-6,10-11,13-15H,4,7-9,12H2,(H,21,23,25). The number of benzene rings is 1. The number of nitrogens with zero attached hydrogens (tertiary/aromatic N) is 4. The zero-order chi connectivity index (χ0) is 17.3. The van der Waals surface area contributed by atoms with Crippen LogP contribution in [0, 0.1) is 0 Å². The van der Waals surface area contributed by atoms with Crippen molar-refractivity contribution in [1.82, 2.24) is 19.7 Å². The minimum atomic E-state index is -0.0344. The Morgan fingerprint density at radius 2 is 1.92 bits per heavy atom. The van der Waals surface area contributed by atoms with Gasteiger partial charge in [0, 0.05) is 19.2 Å². The molecule has 1 N–H and O–H groups in total. The van der Waals surface area contributed by atoms with Gasteiger partial charge in [-0.25, -0.2) is 9.97 Å². The van der Waals surface area contributed by atoms with Gasteiger partial charge in [0.1, 0.15) is 18.5 Å². The Kier molecular flexibility index (Phi) is 5.87. The van der Waals surface area contributed by atoms with Crippen molar-refractivity contribution < 1.29 is 4.79 Å². The number of anilines is 1. The van der Waals surface area contributed by atoms with E-state index >= 15 is 0 Å². The zero-order valence-electron chi connectivity index (χ0n) is 14.0. The molecule has 6 nitrogen and oxygen atoms in total. The maximum absolute atomic E-state index is 12.0. The number of hydrogen-bond acceptors (Lipinski definition) is 4. The molecule has 0 saturated carbocycles. The second kappa shape index (κ2) is 8.73. The summed E-state index contributed by atoms with van der Waals surface area (Å²) in [5.41, 5.74) is 2.47. The summed E-state index contributed by atoms with van der Waals surface area (Å²) < 4.78 is 1.72. The summed E-state index contributed by atoms with van der Waals surface area (Å²) in [5.74, 6) is 0.573. The summed E-state index contributed by atoms with van der Waals surface area (Å²) in [6.07, 6.45) is 7.91. The zero-order valence-corrected chi connectivity index (χ0v) is 14.0. The van der Waals surface area contributed by atoms with Gasteiger partial charge in [0.05, 0.1) is 0 Å². The van der Waals surface area contributed by atoms with Crippen LogP contribution in [0.1, 0.15) is 24.0 Å². The van der Waals surface area contributed by atoms with Crippen LogP contribution in [0.25, 0.3) is 0 Å². The quantitative estimate of drug-likeness (QED) is 0.687. The Morgan fingerprint density at radius 3 is 2.72 bits per heavy atom. The highest BCUT2D eigenvalue weighted by atomic mass is 16.1. The Morgan fingerprint density at radius 1 is 1.08 bits per heavy atom. The molecule has 3 aromatic rings. The summed E-state index contributed by atoms with van der Waals surface area (Å²) in [6, 6.07) is 14.3. The number of carbonyl (C=O) groups excluding carboxylic acids is 1. The van der Waals surface area contributed by atoms with Gasteiger partial charge < -0.3 is 5.32 Å². The lowest BCUT2D eigenvalue weighted by Gasteiger charge is -2.07. The van der Waals surface area contributed by atoms with Crippen LogP contribution < -0.4 is 5.32 Å². The van der Waals surface area contributed by atoms with Gasteiger partial charge in [-0.15, -0.1) is 0 Å². The molecule has 0 unspecified atom stereocenters. The van der Waals surface area contributed by atoms with Crippen LogP contribution >= 0.6 is 0 Å². The summed E-state index contributed by atoms with van der Waals surface area (Å²) >= 11 is 0. The molecule has 1 aromatic carbocycles. The molecule has 0 aliphatic heterocycles. The summed E-state index contributed by atoms with van der Waals surface area (Å²) in [4.78, 5) is 20.1. The van der Waals surface area contributed by atoms with Crippen LogP contribution in [-0.2, 0) is 24.2 Å². The van der Waals surface area contributed by atoms with Gasteiger partial charge >= 0.3 is 0 Å². The third-order valence-electron chi connectivity index (χ3n) is 3.89. The number of hydrogen-bond donors (Lipinski definition) is 1. The van der Waals surface area contributed by atoms with E-state index in [0.717, 1.165) is 18.4 Å². The van der Waals surface area contributed by atoms with Gasteiger partial charge in [-0.05, 0) is 42.5 Å². The Labute approximate surface area is 146 Å². The Bertz CT molecular complexity index is 787. The predicted octanol–water partition coefficient (Wildman–Crippen LogP) is 2.88. The lowest BCUT2D eigenvalue weighted by molar-refractivity contribution is -0.116. The number of pyridine rings is 1. The van der Waals surface area contributed by atoms with Crippen LogP contribution in [0.5, 0.6) is 0 Å². The van der Waals surface area contributed by atoms with E-state index in [1.807, 2.05) is 30.3 Å². The fourth-order valence-electron chi connectivity index (χ4n) is 2.59. The van der Waals surface area contributed by atoms with Gasteiger partial charge in [0.15, 0.2) is 0 Å². The molecule has 0 aliphatic carbocycles. The molecular formula is C19H21N5O. The second-order valence-electron chi connectivity index (χ2n) is 5.85. The molecule has 2 heterocycles. The molecule has 6 heteroatoms. The minimum Gasteiger partial charge on any atom is -0.311 e. The maximum atomic E-state index is 12.0. The molecule has 0 atom stereocenters. The highest BCUT2D eigenvalue weighted by Crippen LogP contribution is 2.11. The molecule has 0 aliphatic rings. The van der Waals surface area contributed by atoms with Crippen molar-refractivity contribution in [2.45, 2.75) is 32.2 Å². The van der Waals surface area contributed by atoms with Crippen LogP contribution in [0.2, 0.25) is 0 Å². The van der Waals surface area contributed by atoms with Crippen molar-refractivity contribution in [1.29, 1.82) is 0 Å². The summed E-state index contributed by atoms with van der Waals surface area (Å²) in [7, 11) is 0. The number of nitrogens with one attached hydrogen (secondary N) is 1. The van der Waals surface area contributed by atoms with Gasteiger partial charge in [-0.2, -0.15) is 5.10 Å². The first-order valence-electron chi connectivity index (χ1n) is 8.41. The van der Waals surface area contributed by atoms with E-state index in [0.29, 0.717) is 25.2 Å². The van der Waals surface area contributed by atoms with Crippen molar-refractivity contribution in [3.8, 4) is 0 Å². The second-order valence-corrected chi connectivity index (χ2v) is 5.85. The van der Waals surface area contributed by atoms with Crippen LogP contribution in [0.3, 0.4) is 0 Å². The van der Waals surface area contributed by atoms with Crippen LogP contribution in [0.15, 0.2) is 61.3 Å². The van der Waals surface area contributed by atoms with Gasteiger partial charge in [-0.3, -0.25) is 9.48 Å². The van der Waals surface area contributed by atoms with E-state index < -0.39 is 0 Å². The first-order valence-corrected chi connectivity index (χ1v) is 8.41. The van der Waals surface area contributed by atoms with E-state index in [4.69, 9.17) is 0 Å². The first-order chi connectivity index (χ1) is 12.3. The number of amides is 1. The fourth-order valence-corrected chi connectivity index (χ4v) is 2.59. The third kappa shape index (κ3) is 5.53. The number of aryl methyl sites for hydroxylation is 3. The van der Waals surface area contributed by atoms with Crippen molar-refractivity contribution in [2.24, 2.45) is 0 Å². The fraction of sp³-hybridized carbons (Fsp3) is 0.263. The van der Waals surface area contributed by atoms with Gasteiger partial charge in [0.25, 0.3) is 0 Å². The van der Waals surface area contributed by atoms with E-state index in [2.05, 4.69) is 32.5 Å². The largest absolute Gasteiger partial charge is 0.311 e. The topological polar surface area (TPSA) is 72.7 Å². The van der Waals surface area contributed by atoms with E-state index in [-0.39, 0.29) is 5.91 Å². The Hall–Kier alpha value is -3.02. The average molecular weight is 335 g/mol. The molecule has 0 radical (unpaired) electrons. The molecule has 1 amide bonds. The molecule has 0 bridgehead atoms. The van der Waals surface area contributed by atoms with Crippen molar-refractivity contribution in [2.75, 3.05) is 5.32 Å². The van der Waals surface area contributed by atoms with Crippen molar-refractivity contribution >= 4 is 11.7 Å². The highest BCUT2D eigenvalue weighted by Gasteiger charge is 2.05.